The van der Waals surface area contributed by atoms with E-state index in [1.54, 1.807) is 6.07 Å². The van der Waals surface area contributed by atoms with E-state index in [1.807, 2.05) is 31.2 Å². The molecule has 4 nitrogen and oxygen atoms in total. The summed E-state index contributed by atoms with van der Waals surface area (Å²) < 4.78 is 5.61. The number of nitrogens with zero attached hydrogens (tertiary/aromatic N) is 1. The summed E-state index contributed by atoms with van der Waals surface area (Å²) >= 11 is 12.1. The number of nitrogens with two attached hydrogens (primary N) is 1. The first-order valence-electron chi connectivity index (χ1n) is 6.16. The molecule has 2 rings (SSSR count). The fourth-order valence-corrected chi connectivity index (χ4v) is 2.45. The third-order valence-corrected chi connectivity index (χ3v) is 3.32. The monoisotopic (exact) mass is 311 g/mol. The van der Waals surface area contributed by atoms with Crippen molar-refractivity contribution in [1.82, 2.24) is 10.4 Å². The standard InChI is InChI=1S/C14H15Cl2N3O/c1-2-20-12-6-4-3-5-10(12)13(19-17)14-11(16)7-9(15)8-18-14/h3-8,13,19H,2,17H2,1H3. The minimum absolute atomic E-state index is 0.373. The van der Waals surface area contributed by atoms with Crippen LogP contribution >= 0.6 is 23.2 Å². The molecule has 0 aliphatic heterocycles. The van der Waals surface area contributed by atoms with E-state index in [0.29, 0.717) is 22.3 Å². The molecule has 0 saturated heterocycles. The molecule has 1 aromatic heterocycles. The van der Waals surface area contributed by atoms with Gasteiger partial charge in [-0.05, 0) is 19.1 Å². The normalized spacial score (nSPS) is 12.2. The zero-order chi connectivity index (χ0) is 14.5. The third kappa shape index (κ3) is 3.22. The van der Waals surface area contributed by atoms with Crippen LogP contribution in [0, 0.1) is 0 Å². The molecule has 0 aliphatic carbocycles. The van der Waals surface area contributed by atoms with Crippen molar-refractivity contribution in [3.63, 3.8) is 0 Å². The molecule has 1 heterocycles. The van der Waals surface area contributed by atoms with Crippen molar-refractivity contribution in [3.05, 3.63) is 57.8 Å². The quantitative estimate of drug-likeness (QED) is 0.657. The lowest BCUT2D eigenvalue weighted by molar-refractivity contribution is 0.333. The number of pyridine rings is 1. The Morgan fingerprint density at radius 1 is 1.35 bits per heavy atom. The maximum atomic E-state index is 6.20. The zero-order valence-electron chi connectivity index (χ0n) is 10.9. The van der Waals surface area contributed by atoms with Crippen molar-refractivity contribution in [2.24, 2.45) is 5.84 Å². The highest BCUT2D eigenvalue weighted by atomic mass is 35.5. The highest BCUT2D eigenvalue weighted by molar-refractivity contribution is 6.34. The van der Waals surface area contributed by atoms with Crippen LogP contribution in [-0.2, 0) is 0 Å². The molecule has 0 aliphatic rings. The van der Waals surface area contributed by atoms with Crippen molar-refractivity contribution in [3.8, 4) is 5.75 Å². The molecule has 6 heteroatoms. The van der Waals surface area contributed by atoms with Gasteiger partial charge in [0.2, 0.25) is 0 Å². The van der Waals surface area contributed by atoms with Gasteiger partial charge in [-0.2, -0.15) is 0 Å². The smallest absolute Gasteiger partial charge is 0.124 e. The number of halogens is 2. The van der Waals surface area contributed by atoms with Gasteiger partial charge in [-0.25, -0.2) is 5.43 Å². The van der Waals surface area contributed by atoms with E-state index in [2.05, 4.69) is 10.4 Å². The Bertz CT molecular complexity index is 592. The molecule has 0 bridgehead atoms. The van der Waals surface area contributed by atoms with Crippen molar-refractivity contribution >= 4 is 23.2 Å². The third-order valence-electron chi connectivity index (χ3n) is 2.81. The first-order valence-corrected chi connectivity index (χ1v) is 6.91. The average molecular weight is 312 g/mol. The van der Waals surface area contributed by atoms with Crippen molar-refractivity contribution < 1.29 is 4.74 Å². The predicted molar refractivity (Wildman–Crippen MR) is 81.0 cm³/mol. The molecule has 0 amide bonds. The Morgan fingerprint density at radius 2 is 2.10 bits per heavy atom. The lowest BCUT2D eigenvalue weighted by Crippen LogP contribution is -2.30. The number of ether oxygens (including phenoxy) is 1. The number of nitrogens with one attached hydrogen (secondary N) is 1. The second-order valence-electron chi connectivity index (χ2n) is 4.09. The molecule has 0 spiro atoms. The van der Waals surface area contributed by atoms with Gasteiger partial charge in [0.15, 0.2) is 0 Å². The summed E-state index contributed by atoms with van der Waals surface area (Å²) in [7, 11) is 0. The second-order valence-corrected chi connectivity index (χ2v) is 4.93. The van der Waals surface area contributed by atoms with Crippen molar-refractivity contribution in [2.75, 3.05) is 6.61 Å². The summed E-state index contributed by atoms with van der Waals surface area (Å²) in [5.74, 6) is 6.41. The van der Waals surface area contributed by atoms with Gasteiger partial charge in [-0.1, -0.05) is 41.4 Å². The van der Waals surface area contributed by atoms with Gasteiger partial charge in [-0.3, -0.25) is 10.8 Å². The minimum atomic E-state index is -0.373. The van der Waals surface area contributed by atoms with Gasteiger partial charge < -0.3 is 4.74 Å². The number of rotatable bonds is 5. The molecule has 20 heavy (non-hydrogen) atoms. The molecular formula is C14H15Cl2N3O. The molecule has 1 unspecified atom stereocenters. The van der Waals surface area contributed by atoms with Crippen LogP contribution in [0.5, 0.6) is 5.75 Å². The Kier molecular flexibility index (Phi) is 5.20. The van der Waals surface area contributed by atoms with Crippen LogP contribution in [0.1, 0.15) is 24.2 Å². The van der Waals surface area contributed by atoms with Gasteiger partial charge in [0, 0.05) is 11.8 Å². The Labute approximate surface area is 127 Å². The largest absolute Gasteiger partial charge is 0.494 e. The number of hydrogen-bond acceptors (Lipinski definition) is 4. The molecular weight excluding hydrogens is 297 g/mol. The van der Waals surface area contributed by atoms with Crippen LogP contribution < -0.4 is 16.0 Å². The van der Waals surface area contributed by atoms with Gasteiger partial charge in [0.1, 0.15) is 5.75 Å². The second kappa shape index (κ2) is 6.90. The number of hydrogen-bond donors (Lipinski definition) is 2. The van der Waals surface area contributed by atoms with Gasteiger partial charge in [0.25, 0.3) is 0 Å². The fraction of sp³-hybridized carbons (Fsp3) is 0.214. The summed E-state index contributed by atoms with van der Waals surface area (Å²) in [5.41, 5.74) is 4.20. The molecule has 0 radical (unpaired) electrons. The highest BCUT2D eigenvalue weighted by Crippen LogP contribution is 2.32. The zero-order valence-corrected chi connectivity index (χ0v) is 12.4. The molecule has 1 aromatic carbocycles. The maximum Gasteiger partial charge on any atom is 0.124 e. The topological polar surface area (TPSA) is 60.2 Å². The number of benzene rings is 1. The first-order chi connectivity index (χ1) is 9.67. The van der Waals surface area contributed by atoms with Crippen molar-refractivity contribution in [2.45, 2.75) is 13.0 Å². The Hall–Kier alpha value is -1.33. The molecule has 0 fully saturated rings. The van der Waals surface area contributed by atoms with Crippen LogP contribution in [0.15, 0.2) is 36.5 Å². The van der Waals surface area contributed by atoms with Crippen LogP contribution in [0.25, 0.3) is 0 Å². The summed E-state index contributed by atoms with van der Waals surface area (Å²) in [4.78, 5) is 4.26. The Morgan fingerprint density at radius 3 is 2.75 bits per heavy atom. The summed E-state index contributed by atoms with van der Waals surface area (Å²) in [5, 5.41) is 0.930. The summed E-state index contributed by atoms with van der Waals surface area (Å²) in [6.45, 7) is 2.49. The van der Waals surface area contributed by atoms with E-state index in [0.717, 1.165) is 11.3 Å². The highest BCUT2D eigenvalue weighted by Gasteiger charge is 2.20. The molecule has 1 atom stereocenters. The van der Waals surface area contributed by atoms with Crippen molar-refractivity contribution in [1.29, 1.82) is 0 Å². The molecule has 2 aromatic rings. The van der Waals surface area contributed by atoms with Crippen LogP contribution in [-0.4, -0.2) is 11.6 Å². The number of aromatic nitrogens is 1. The maximum absolute atomic E-state index is 6.20. The molecule has 3 N–H and O–H groups in total. The SMILES string of the molecule is CCOc1ccccc1C(NN)c1ncc(Cl)cc1Cl. The van der Waals surface area contributed by atoms with E-state index in [1.165, 1.54) is 6.20 Å². The van der Waals surface area contributed by atoms with E-state index in [-0.39, 0.29) is 6.04 Å². The van der Waals surface area contributed by atoms with Gasteiger partial charge >= 0.3 is 0 Å². The number of hydrazine groups is 1. The van der Waals surface area contributed by atoms with E-state index in [9.17, 15) is 0 Å². The average Bonchev–Trinajstić information content (AvgIpc) is 2.44. The van der Waals surface area contributed by atoms with E-state index in [4.69, 9.17) is 33.8 Å². The summed E-state index contributed by atoms with van der Waals surface area (Å²) in [6, 6.07) is 8.88. The predicted octanol–water partition coefficient (Wildman–Crippen LogP) is 3.34. The molecule has 106 valence electrons. The lowest BCUT2D eigenvalue weighted by Gasteiger charge is -2.20. The lowest BCUT2D eigenvalue weighted by atomic mass is 10.0. The van der Waals surface area contributed by atoms with Gasteiger partial charge in [0.05, 0.1) is 28.4 Å². The van der Waals surface area contributed by atoms with Crippen LogP contribution in [0.3, 0.4) is 0 Å². The summed E-state index contributed by atoms with van der Waals surface area (Å²) in [6.07, 6.45) is 1.54. The van der Waals surface area contributed by atoms with Crippen LogP contribution in [0.4, 0.5) is 0 Å². The van der Waals surface area contributed by atoms with Gasteiger partial charge in [-0.15, -0.1) is 0 Å². The molecule has 0 saturated carbocycles. The van der Waals surface area contributed by atoms with E-state index < -0.39 is 0 Å². The van der Waals surface area contributed by atoms with E-state index >= 15 is 0 Å². The fourth-order valence-electron chi connectivity index (χ4n) is 1.96. The first kappa shape index (κ1) is 15.1. The number of para-hydroxylation sites is 1. The van der Waals surface area contributed by atoms with Crippen LogP contribution in [0.2, 0.25) is 10.0 Å². The Balaban J connectivity index is 2.47. The minimum Gasteiger partial charge on any atom is -0.494 e.